The zero-order valence-electron chi connectivity index (χ0n) is 72.0. The lowest BCUT2D eigenvalue weighted by atomic mass is 10.1. The number of pyridine rings is 3. The summed E-state index contributed by atoms with van der Waals surface area (Å²) < 4.78 is 40.1. The highest BCUT2D eigenvalue weighted by Crippen LogP contribution is 2.39. The van der Waals surface area contributed by atoms with Gasteiger partial charge in [-0.2, -0.15) is 15.3 Å². The molecule has 0 radical (unpaired) electrons. The molecule has 2 amide bonds. The number of amides is 2. The summed E-state index contributed by atoms with van der Waals surface area (Å²) in [6, 6.07) is 56.3. The molecule has 0 unspecified atom stereocenters. The van der Waals surface area contributed by atoms with E-state index >= 15 is 0 Å². The smallest absolute Gasteiger partial charge is 0.336 e. The quantitative estimate of drug-likeness (QED) is 0.0199. The molecule has 31 nitrogen and oxygen atoms in total. The Morgan fingerprint density at radius 3 is 1.27 bits per heavy atom. The number of carbonyl (C=O) groups excluding carboxylic acids is 7. The third-order valence-electron chi connectivity index (χ3n) is 20.6. The van der Waals surface area contributed by atoms with Gasteiger partial charge in [0, 0.05) is 128 Å². The number of carboxylic acid groups (broad SMARTS) is 1. The van der Waals surface area contributed by atoms with E-state index in [-0.39, 0.29) is 126 Å². The molecule has 8 heterocycles. The lowest BCUT2D eigenvalue weighted by molar-refractivity contribution is -0.118. The average molecular weight is 1730 g/mol. The summed E-state index contributed by atoms with van der Waals surface area (Å²) >= 11 is 0. The minimum absolute atomic E-state index is 0.00428. The van der Waals surface area contributed by atoms with Crippen LogP contribution in [-0.4, -0.2) is 160 Å². The topological polar surface area (TPSA) is 401 Å². The fourth-order valence-corrected chi connectivity index (χ4v) is 14.3. The highest BCUT2D eigenvalue weighted by Gasteiger charge is 2.36. The maximum absolute atomic E-state index is 12.4. The van der Waals surface area contributed by atoms with Crippen molar-refractivity contribution in [1.82, 2.24) is 44.3 Å². The number of aromatic carboxylic acids is 1. The standard InChI is InChI=1S/C21H24N4O3.C20H19N3O4.C19H20N4O2.C19H19NO5.C18H17NO4/c1-14(2)25-18(7-9-23-25)21-15(6-5-8-22-21)13-28-20-11-16(24(3)4)10-19(27)17(20)12-26;1-13(2)23-17(8-10-22-23)19-14(5-4-9-21-19)12-27-18-7-3-6-15(20(25)26)16(18)11-24;1-13(2)23-17(8-10-22-23)19-14(5-4-9-21-19)12-25-18-7-3-6-16(20)15(18)11-24;1-24-18-7-3-2-5-15(18)20-13(9-10-19(20)23)12-25-17-8-4-6-16(22)14(17)11-21;20-11-15-16(21)7-4-8-17(15)23-12-14-9-10-18(22)19(14)13-5-2-1-3-6-13/h5-12,14,27H,13H2,1-4H3;3-11,13H,12H2,1-2H3,(H,25,26);3-11,13H,12,20H2,1-2H3;2-8,11,13,22H,9-10,12H2,1H3;1-8,11,14,21H,9-10,12H2/t;;;13-;14-/m...00/s1. The summed E-state index contributed by atoms with van der Waals surface area (Å²) in [5.41, 5.74) is 16.7. The van der Waals surface area contributed by atoms with E-state index in [1.54, 1.807) is 127 Å². The van der Waals surface area contributed by atoms with Crippen LogP contribution >= 0.6 is 0 Å². The minimum Gasteiger partial charge on any atom is -0.507 e. The Morgan fingerprint density at radius 1 is 0.438 bits per heavy atom. The molecule has 2 atom stereocenters. The predicted molar refractivity (Wildman–Crippen MR) is 482 cm³/mol. The SMILES string of the molecule is CC(C)n1nccc1-c1ncccc1COc1cc(N(C)C)cc(O)c1C=O.CC(C)n1nccc1-c1ncccc1COc1cccc(C(=O)O)c1C=O.CC(C)n1nccc1-c1ncccc1COc1cccc(N)c1C=O.COc1ccccc1N1C(=O)CC[C@H]1COc1cccc(O)c1C=O.O=Cc1c(O)cccc1OC[C@@H]1CCC(=O)N1c1ccccc1. The van der Waals surface area contributed by atoms with Gasteiger partial charge in [0.2, 0.25) is 11.8 Å². The van der Waals surface area contributed by atoms with Crippen LogP contribution in [0.5, 0.6) is 51.7 Å². The number of carboxylic acids is 1. The Bertz CT molecular complexity index is 6030. The number of rotatable bonds is 31. The van der Waals surface area contributed by atoms with E-state index in [0.717, 1.165) is 62.2 Å². The number of carbonyl (C=O) groups is 8. The van der Waals surface area contributed by atoms with E-state index in [0.29, 0.717) is 103 Å². The lowest BCUT2D eigenvalue weighted by Crippen LogP contribution is -2.37. The maximum Gasteiger partial charge on any atom is 0.336 e. The van der Waals surface area contributed by atoms with Crippen molar-refractivity contribution in [3.05, 3.63) is 281 Å². The van der Waals surface area contributed by atoms with Gasteiger partial charge < -0.3 is 69.3 Å². The largest absolute Gasteiger partial charge is 0.507 e. The molecule has 6 N–H and O–H groups in total. The summed E-state index contributed by atoms with van der Waals surface area (Å²) in [6.07, 6.45) is 15.6. The van der Waals surface area contributed by atoms with Crippen molar-refractivity contribution < 1.29 is 87.2 Å². The van der Waals surface area contributed by atoms with Gasteiger partial charge in [0.15, 0.2) is 31.4 Å². The van der Waals surface area contributed by atoms with Gasteiger partial charge in [-0.05, 0) is 164 Å². The number of ether oxygens (including phenoxy) is 6. The van der Waals surface area contributed by atoms with Crippen molar-refractivity contribution in [3.8, 4) is 85.9 Å². The highest BCUT2D eigenvalue weighted by atomic mass is 16.5. The third-order valence-corrected chi connectivity index (χ3v) is 20.6. The van der Waals surface area contributed by atoms with Gasteiger partial charge in [-0.3, -0.25) is 62.6 Å². The molecule has 15 rings (SSSR count). The fraction of sp³-hybridized carbons (Fsp3) is 0.237. The molecule has 13 aromatic rings. The second-order valence-corrected chi connectivity index (χ2v) is 30.2. The molecule has 0 spiro atoms. The molecule has 2 aliphatic rings. The van der Waals surface area contributed by atoms with Crippen LogP contribution in [0.3, 0.4) is 0 Å². The number of methoxy groups -OCH3 is 1. The number of hydrogen-bond acceptors (Lipinski definition) is 25. The normalized spacial score (nSPS) is 13.2. The molecule has 2 fully saturated rings. The van der Waals surface area contributed by atoms with Crippen molar-refractivity contribution in [2.24, 2.45) is 0 Å². The van der Waals surface area contributed by atoms with E-state index in [1.165, 1.54) is 24.3 Å². The molecule has 0 saturated carbocycles. The number of benzene rings is 7. The summed E-state index contributed by atoms with van der Waals surface area (Å²) in [5.74, 6) is 0.795. The molecule has 2 saturated heterocycles. The number of nitrogen functional groups attached to an aromatic ring is 1. The first-order chi connectivity index (χ1) is 61.9. The van der Waals surface area contributed by atoms with Crippen LogP contribution in [0.1, 0.15) is 164 Å². The van der Waals surface area contributed by atoms with Crippen LogP contribution in [0, 0.1) is 0 Å². The van der Waals surface area contributed by atoms with Crippen LogP contribution in [0.4, 0.5) is 22.7 Å². The Kier molecular flexibility index (Phi) is 32.3. The Morgan fingerprint density at radius 2 is 0.828 bits per heavy atom. The molecule has 31 heteroatoms. The van der Waals surface area contributed by atoms with Gasteiger partial charge in [0.05, 0.1) is 92.4 Å². The van der Waals surface area contributed by atoms with Gasteiger partial charge in [-0.15, -0.1) is 0 Å². The number of anilines is 4. The van der Waals surface area contributed by atoms with Gasteiger partial charge in [0.25, 0.3) is 0 Å². The zero-order chi connectivity index (χ0) is 91.5. The first-order valence-electron chi connectivity index (χ1n) is 41.0. The van der Waals surface area contributed by atoms with Crippen LogP contribution in [-0.2, 0) is 29.4 Å². The van der Waals surface area contributed by atoms with Crippen LogP contribution in [0.2, 0.25) is 0 Å². The van der Waals surface area contributed by atoms with Crippen molar-refractivity contribution in [3.63, 3.8) is 0 Å². The fourth-order valence-electron chi connectivity index (χ4n) is 14.3. The van der Waals surface area contributed by atoms with E-state index in [2.05, 4.69) is 57.9 Å². The summed E-state index contributed by atoms with van der Waals surface area (Å²) in [6.45, 7) is 13.4. The van der Waals surface area contributed by atoms with Crippen LogP contribution in [0.25, 0.3) is 34.2 Å². The molecular formula is C97H99N13O18. The Hall–Kier alpha value is -15.8. The molecule has 660 valence electrons. The molecule has 128 heavy (non-hydrogen) atoms. The molecule has 2 aliphatic heterocycles. The number of aldehydes is 5. The van der Waals surface area contributed by atoms with Gasteiger partial charge in [-0.25, -0.2) is 4.79 Å². The third kappa shape index (κ3) is 22.6. The van der Waals surface area contributed by atoms with Gasteiger partial charge in [-0.1, -0.05) is 72.8 Å². The number of aromatic nitrogens is 9. The molecule has 0 aliphatic carbocycles. The first-order valence-corrected chi connectivity index (χ1v) is 41.0. The summed E-state index contributed by atoms with van der Waals surface area (Å²) in [7, 11) is 5.27. The highest BCUT2D eigenvalue weighted by molar-refractivity contribution is 6.00. The zero-order valence-corrected chi connectivity index (χ0v) is 72.0. The second-order valence-electron chi connectivity index (χ2n) is 30.2. The maximum atomic E-state index is 12.4. The molecule has 7 aromatic carbocycles. The van der Waals surface area contributed by atoms with Gasteiger partial charge >= 0.3 is 5.97 Å². The monoisotopic (exact) mass is 1730 g/mol. The van der Waals surface area contributed by atoms with E-state index in [1.807, 2.05) is 144 Å². The summed E-state index contributed by atoms with van der Waals surface area (Å²) in [4.78, 5) is 111. The van der Waals surface area contributed by atoms with Crippen molar-refractivity contribution >= 4 is 72.0 Å². The lowest BCUT2D eigenvalue weighted by Gasteiger charge is -2.26. The number of aromatic hydroxyl groups is 3. The van der Waals surface area contributed by atoms with Crippen molar-refractivity contribution in [1.29, 1.82) is 0 Å². The van der Waals surface area contributed by atoms with Crippen molar-refractivity contribution in [2.45, 2.75) is 117 Å². The van der Waals surface area contributed by atoms with Crippen molar-refractivity contribution in [2.75, 3.05) is 54.9 Å². The Labute approximate surface area is 739 Å². The predicted octanol–water partition coefficient (Wildman–Crippen LogP) is 16.4. The van der Waals surface area contributed by atoms with Crippen LogP contribution < -0.4 is 48.9 Å². The number of nitrogens with zero attached hydrogens (tertiary/aromatic N) is 12. The van der Waals surface area contributed by atoms with Gasteiger partial charge in [0.1, 0.15) is 84.8 Å². The minimum atomic E-state index is -1.18. The number of phenolic OH excluding ortho intramolecular Hbond substituents is 3. The number of hydrogen-bond donors (Lipinski definition) is 5. The molecule has 6 aromatic heterocycles. The number of para-hydroxylation sites is 3. The van der Waals surface area contributed by atoms with E-state index < -0.39 is 5.97 Å². The first kappa shape index (κ1) is 92.9. The van der Waals surface area contributed by atoms with Crippen LogP contribution in [0.15, 0.2) is 231 Å². The summed E-state index contributed by atoms with van der Waals surface area (Å²) in [5, 5.41) is 51.9. The molecule has 0 bridgehead atoms. The average Bonchev–Trinajstić information content (AvgIpc) is 1.47. The van der Waals surface area contributed by atoms with E-state index in [9.17, 15) is 58.8 Å². The second kappa shape index (κ2) is 44.5. The molecular weight excluding hydrogens is 1640 g/mol. The Balaban J connectivity index is 0.000000155. The number of phenols is 3. The van der Waals surface area contributed by atoms with E-state index in [4.69, 9.17) is 34.2 Å². The number of nitrogens with two attached hydrogens (primary N) is 1.